The van der Waals surface area contributed by atoms with Crippen molar-refractivity contribution in [2.24, 2.45) is 0 Å². The van der Waals surface area contributed by atoms with E-state index in [2.05, 4.69) is 13.2 Å². The first kappa shape index (κ1) is 10.3. The Morgan fingerprint density at radius 3 is 1.27 bits per heavy atom. The third-order valence-corrected chi connectivity index (χ3v) is 1.41. The molecule has 1 aromatic carbocycles. The summed E-state index contributed by atoms with van der Waals surface area (Å²) < 4.78 is 0. The van der Waals surface area contributed by atoms with Crippen LogP contribution in [0.25, 0.3) is 12.2 Å². The van der Waals surface area contributed by atoms with E-state index in [-0.39, 0.29) is 19.5 Å². The van der Waals surface area contributed by atoms with Gasteiger partial charge in [0.2, 0.25) is 0 Å². The second-order valence-electron chi connectivity index (χ2n) is 2.07. The van der Waals surface area contributed by atoms with E-state index in [1.807, 2.05) is 36.4 Å². The van der Waals surface area contributed by atoms with Gasteiger partial charge in [0.15, 0.2) is 0 Å². The van der Waals surface area contributed by atoms with Gasteiger partial charge in [-0.25, -0.2) is 0 Å². The third kappa shape index (κ3) is 2.82. The topological polar surface area (TPSA) is 0 Å². The van der Waals surface area contributed by atoms with Crippen LogP contribution in [0, 0.1) is 0 Å². The Balaban J connectivity index is 0.000001000. The largest absolute Gasteiger partial charge is 0.0985 e. The van der Waals surface area contributed by atoms with Crippen molar-refractivity contribution in [3.8, 4) is 0 Å². The molecule has 0 saturated carbocycles. The van der Waals surface area contributed by atoms with Gasteiger partial charge in [-0.2, -0.15) is 0 Å². The minimum Gasteiger partial charge on any atom is -0.0985 e. The monoisotopic (exact) mass is 194 g/mol. The molecule has 52 valence electrons. The molecule has 0 amide bonds. The van der Waals surface area contributed by atoms with Crippen LogP contribution in [-0.2, 0) is 19.5 Å². The van der Waals surface area contributed by atoms with E-state index in [4.69, 9.17) is 0 Å². The van der Waals surface area contributed by atoms with E-state index in [1.165, 1.54) is 0 Å². The second-order valence-corrected chi connectivity index (χ2v) is 2.07. The average molecular weight is 196 g/mol. The minimum absolute atomic E-state index is 0. The van der Waals surface area contributed by atoms with Crippen LogP contribution in [0.1, 0.15) is 11.1 Å². The Hall–Kier alpha value is -0.677. The summed E-state index contributed by atoms with van der Waals surface area (Å²) in [6.07, 6.45) is 3.65. The summed E-state index contributed by atoms with van der Waals surface area (Å²) in [4.78, 5) is 0. The van der Waals surface area contributed by atoms with Crippen molar-refractivity contribution in [3.63, 3.8) is 0 Å². The summed E-state index contributed by atoms with van der Waals surface area (Å²) in [5.41, 5.74) is 2.29. The van der Waals surface area contributed by atoms with Crippen LogP contribution in [0.4, 0.5) is 0 Å². The van der Waals surface area contributed by atoms with Crippen molar-refractivity contribution in [2.75, 3.05) is 0 Å². The maximum Gasteiger partial charge on any atom is 0 e. The summed E-state index contributed by atoms with van der Waals surface area (Å²) in [6, 6.07) is 8.07. The van der Waals surface area contributed by atoms with Crippen LogP contribution in [0.3, 0.4) is 0 Å². The zero-order valence-corrected chi connectivity index (χ0v) is 9.55. The van der Waals surface area contributed by atoms with E-state index in [0.717, 1.165) is 11.1 Å². The Bertz CT molecular complexity index is 207. The summed E-state index contributed by atoms with van der Waals surface area (Å²) in [7, 11) is 0. The SMILES string of the molecule is C=Cc1ccc(C=C)cc1.[Zn]. The molecule has 0 atom stereocenters. The zero-order valence-electron chi connectivity index (χ0n) is 6.59. The molecular formula is C10H10Zn. The van der Waals surface area contributed by atoms with Crippen LogP contribution >= 0.6 is 0 Å². The normalized spacial score (nSPS) is 8.00. The van der Waals surface area contributed by atoms with E-state index < -0.39 is 0 Å². The zero-order chi connectivity index (χ0) is 7.40. The third-order valence-electron chi connectivity index (χ3n) is 1.41. The van der Waals surface area contributed by atoms with Crippen LogP contribution in [0.15, 0.2) is 37.4 Å². The first-order valence-electron chi connectivity index (χ1n) is 3.22. The smallest absolute Gasteiger partial charge is 0 e. The van der Waals surface area contributed by atoms with Gasteiger partial charge in [-0.3, -0.25) is 0 Å². The molecule has 0 unspecified atom stereocenters. The predicted molar refractivity (Wildman–Crippen MR) is 46.6 cm³/mol. The fourth-order valence-electron chi connectivity index (χ4n) is 0.768. The van der Waals surface area contributed by atoms with Gasteiger partial charge in [-0.1, -0.05) is 49.6 Å². The molecule has 0 aliphatic rings. The summed E-state index contributed by atoms with van der Waals surface area (Å²) in [5, 5.41) is 0. The van der Waals surface area contributed by atoms with Gasteiger partial charge in [0.1, 0.15) is 0 Å². The molecule has 0 aromatic heterocycles. The van der Waals surface area contributed by atoms with Crippen molar-refractivity contribution in [1.82, 2.24) is 0 Å². The molecule has 0 aliphatic heterocycles. The quantitative estimate of drug-likeness (QED) is 0.637. The van der Waals surface area contributed by atoms with Crippen LogP contribution in [0.5, 0.6) is 0 Å². The van der Waals surface area contributed by atoms with Crippen LogP contribution < -0.4 is 0 Å². The van der Waals surface area contributed by atoms with Crippen molar-refractivity contribution in [3.05, 3.63) is 48.6 Å². The fourth-order valence-corrected chi connectivity index (χ4v) is 0.768. The van der Waals surface area contributed by atoms with Gasteiger partial charge < -0.3 is 0 Å². The molecular weight excluding hydrogens is 185 g/mol. The molecule has 0 aliphatic carbocycles. The van der Waals surface area contributed by atoms with E-state index in [0.29, 0.717) is 0 Å². The molecule has 0 N–H and O–H groups in total. The fraction of sp³-hybridized carbons (Fsp3) is 0. The maximum absolute atomic E-state index is 3.66. The summed E-state index contributed by atoms with van der Waals surface area (Å²) >= 11 is 0. The Morgan fingerprint density at radius 1 is 0.818 bits per heavy atom. The maximum atomic E-state index is 3.66. The van der Waals surface area contributed by atoms with Gasteiger partial charge >= 0.3 is 0 Å². The molecule has 0 heterocycles. The van der Waals surface area contributed by atoms with Gasteiger partial charge in [-0.15, -0.1) is 0 Å². The van der Waals surface area contributed by atoms with Gasteiger partial charge in [0.05, 0.1) is 0 Å². The number of hydrogen-bond acceptors (Lipinski definition) is 0. The van der Waals surface area contributed by atoms with Crippen LogP contribution in [-0.4, -0.2) is 0 Å². The van der Waals surface area contributed by atoms with E-state index in [9.17, 15) is 0 Å². The van der Waals surface area contributed by atoms with Gasteiger partial charge in [-0.05, 0) is 11.1 Å². The number of rotatable bonds is 2. The Morgan fingerprint density at radius 2 is 1.09 bits per heavy atom. The Kier molecular flexibility index (Phi) is 4.73. The molecule has 11 heavy (non-hydrogen) atoms. The van der Waals surface area contributed by atoms with Crippen molar-refractivity contribution < 1.29 is 19.5 Å². The van der Waals surface area contributed by atoms with Crippen molar-refractivity contribution >= 4 is 12.2 Å². The standard InChI is InChI=1S/C10H10.Zn/c1-3-9-5-7-10(4-2)8-6-9;/h3-8H,1-2H2;. The first-order valence-corrected chi connectivity index (χ1v) is 3.22. The van der Waals surface area contributed by atoms with E-state index in [1.54, 1.807) is 0 Å². The van der Waals surface area contributed by atoms with E-state index >= 15 is 0 Å². The van der Waals surface area contributed by atoms with Crippen molar-refractivity contribution in [1.29, 1.82) is 0 Å². The summed E-state index contributed by atoms with van der Waals surface area (Å²) in [6.45, 7) is 7.32. The predicted octanol–water partition coefficient (Wildman–Crippen LogP) is 2.97. The van der Waals surface area contributed by atoms with Crippen molar-refractivity contribution in [2.45, 2.75) is 0 Å². The van der Waals surface area contributed by atoms with Gasteiger partial charge in [0, 0.05) is 19.5 Å². The molecule has 0 nitrogen and oxygen atoms in total. The molecule has 0 saturated heterocycles. The molecule has 1 heteroatoms. The first-order chi connectivity index (χ1) is 4.86. The number of hydrogen-bond donors (Lipinski definition) is 0. The molecule has 0 bridgehead atoms. The van der Waals surface area contributed by atoms with Gasteiger partial charge in [0.25, 0.3) is 0 Å². The molecule has 1 rings (SSSR count). The minimum atomic E-state index is 0. The molecule has 1 aromatic rings. The molecule has 0 radical (unpaired) electrons. The van der Waals surface area contributed by atoms with Crippen LogP contribution in [0.2, 0.25) is 0 Å². The Labute approximate surface area is 80.4 Å². The second kappa shape index (κ2) is 5.04. The summed E-state index contributed by atoms with van der Waals surface area (Å²) in [5.74, 6) is 0. The molecule has 0 fully saturated rings. The average Bonchev–Trinajstić information content (AvgIpc) is 2.05. The number of benzene rings is 1. The molecule has 0 spiro atoms.